The predicted molar refractivity (Wildman–Crippen MR) is 77.8 cm³/mol. The van der Waals surface area contributed by atoms with Crippen molar-refractivity contribution in [3.05, 3.63) is 17.0 Å². The molecule has 5 heteroatoms. The van der Waals surface area contributed by atoms with Gasteiger partial charge in [0.05, 0.1) is 6.61 Å². The monoisotopic (exact) mass is 283 g/mol. The van der Waals surface area contributed by atoms with Crippen LogP contribution in [0.5, 0.6) is 0 Å². The largest absolute Gasteiger partial charge is 0.395 e. The summed E-state index contributed by atoms with van der Waals surface area (Å²) in [5.74, 6) is 1.17. The SMILES string of the molecule is CC(C)c1c(Cl)ncnc1N(CCO)C1CCCC1. The zero-order chi connectivity index (χ0) is 13.8. The molecule has 1 aliphatic rings. The van der Waals surface area contributed by atoms with Crippen LogP contribution in [0.4, 0.5) is 5.82 Å². The van der Waals surface area contributed by atoms with Crippen molar-refractivity contribution in [3.8, 4) is 0 Å². The van der Waals surface area contributed by atoms with Gasteiger partial charge >= 0.3 is 0 Å². The molecule has 0 saturated heterocycles. The lowest BCUT2D eigenvalue weighted by molar-refractivity contribution is 0.296. The van der Waals surface area contributed by atoms with E-state index in [1.54, 1.807) is 0 Å². The second-order valence-electron chi connectivity index (χ2n) is 5.41. The first-order chi connectivity index (χ1) is 9.15. The van der Waals surface area contributed by atoms with Gasteiger partial charge in [0.1, 0.15) is 17.3 Å². The van der Waals surface area contributed by atoms with Crippen molar-refractivity contribution in [2.45, 2.75) is 51.5 Å². The average Bonchev–Trinajstić information content (AvgIpc) is 2.88. The van der Waals surface area contributed by atoms with Gasteiger partial charge in [-0.1, -0.05) is 38.3 Å². The number of hydrogen-bond donors (Lipinski definition) is 1. The maximum atomic E-state index is 9.34. The molecule has 0 unspecified atom stereocenters. The Labute approximate surface area is 119 Å². The minimum absolute atomic E-state index is 0.135. The van der Waals surface area contributed by atoms with E-state index in [9.17, 15) is 5.11 Å². The lowest BCUT2D eigenvalue weighted by Gasteiger charge is -2.31. The van der Waals surface area contributed by atoms with E-state index < -0.39 is 0 Å². The summed E-state index contributed by atoms with van der Waals surface area (Å²) < 4.78 is 0. The van der Waals surface area contributed by atoms with E-state index in [0.29, 0.717) is 17.7 Å². The number of aliphatic hydroxyl groups is 1. The summed E-state index contributed by atoms with van der Waals surface area (Å²) in [4.78, 5) is 10.8. The molecule has 0 atom stereocenters. The molecule has 0 amide bonds. The molecule has 2 rings (SSSR count). The molecule has 1 aliphatic carbocycles. The van der Waals surface area contributed by atoms with Gasteiger partial charge in [-0.3, -0.25) is 0 Å². The molecular formula is C14H22ClN3O. The Bertz CT molecular complexity index is 419. The highest BCUT2D eigenvalue weighted by atomic mass is 35.5. The lowest BCUT2D eigenvalue weighted by atomic mass is 10.0. The summed E-state index contributed by atoms with van der Waals surface area (Å²) in [6.07, 6.45) is 6.35. The Balaban J connectivity index is 2.37. The fourth-order valence-electron chi connectivity index (χ4n) is 2.88. The van der Waals surface area contributed by atoms with Crippen molar-refractivity contribution < 1.29 is 5.11 Å². The third kappa shape index (κ3) is 3.18. The van der Waals surface area contributed by atoms with Gasteiger partial charge < -0.3 is 10.0 Å². The van der Waals surface area contributed by atoms with Crippen LogP contribution in [-0.4, -0.2) is 34.3 Å². The summed E-state index contributed by atoms with van der Waals surface area (Å²) in [6.45, 7) is 4.94. The van der Waals surface area contributed by atoms with Crippen molar-refractivity contribution in [2.75, 3.05) is 18.1 Å². The Kier molecular flexibility index (Phi) is 4.99. The zero-order valence-corrected chi connectivity index (χ0v) is 12.4. The van der Waals surface area contributed by atoms with Gasteiger partial charge in [-0.05, 0) is 18.8 Å². The average molecular weight is 284 g/mol. The lowest BCUT2D eigenvalue weighted by Crippen LogP contribution is -2.37. The van der Waals surface area contributed by atoms with E-state index in [-0.39, 0.29) is 12.5 Å². The van der Waals surface area contributed by atoms with E-state index in [4.69, 9.17) is 11.6 Å². The van der Waals surface area contributed by atoms with E-state index in [1.165, 1.54) is 32.0 Å². The quantitative estimate of drug-likeness (QED) is 0.844. The summed E-state index contributed by atoms with van der Waals surface area (Å²) in [6, 6.07) is 0.468. The number of anilines is 1. The second-order valence-corrected chi connectivity index (χ2v) is 5.77. The van der Waals surface area contributed by atoms with Crippen molar-refractivity contribution in [1.29, 1.82) is 0 Å². The van der Waals surface area contributed by atoms with Crippen molar-refractivity contribution in [2.24, 2.45) is 0 Å². The standard InChI is InChI=1S/C14H22ClN3O/c1-10(2)12-13(15)16-9-17-14(12)18(7-8-19)11-5-3-4-6-11/h9-11,19H,3-8H2,1-2H3. The first kappa shape index (κ1) is 14.5. The molecule has 1 N–H and O–H groups in total. The van der Waals surface area contributed by atoms with Gasteiger partial charge in [-0.15, -0.1) is 0 Å². The molecule has 106 valence electrons. The topological polar surface area (TPSA) is 49.2 Å². The van der Waals surface area contributed by atoms with Gasteiger partial charge in [-0.2, -0.15) is 0 Å². The normalized spacial score (nSPS) is 16.3. The van der Waals surface area contributed by atoms with Crippen LogP contribution in [0.25, 0.3) is 0 Å². The molecule has 0 spiro atoms. The summed E-state index contributed by atoms with van der Waals surface area (Å²) >= 11 is 6.24. The van der Waals surface area contributed by atoms with Gasteiger partial charge in [0.15, 0.2) is 0 Å². The van der Waals surface area contributed by atoms with Crippen molar-refractivity contribution in [3.63, 3.8) is 0 Å². The van der Waals surface area contributed by atoms with Gasteiger partial charge in [0.25, 0.3) is 0 Å². The Morgan fingerprint density at radius 2 is 2.05 bits per heavy atom. The van der Waals surface area contributed by atoms with Crippen LogP contribution in [-0.2, 0) is 0 Å². The maximum absolute atomic E-state index is 9.34. The smallest absolute Gasteiger partial charge is 0.138 e. The number of hydrogen-bond acceptors (Lipinski definition) is 4. The third-order valence-electron chi connectivity index (χ3n) is 3.77. The molecular weight excluding hydrogens is 262 g/mol. The fourth-order valence-corrected chi connectivity index (χ4v) is 3.22. The van der Waals surface area contributed by atoms with Crippen LogP contribution in [0.15, 0.2) is 6.33 Å². The highest BCUT2D eigenvalue weighted by molar-refractivity contribution is 6.30. The van der Waals surface area contributed by atoms with Crippen molar-refractivity contribution in [1.82, 2.24) is 9.97 Å². The van der Waals surface area contributed by atoms with E-state index in [2.05, 4.69) is 28.7 Å². The molecule has 0 aliphatic heterocycles. The molecule has 0 bridgehead atoms. The number of halogens is 1. The van der Waals surface area contributed by atoms with Crippen LogP contribution in [0.1, 0.15) is 51.0 Å². The summed E-state index contributed by atoms with van der Waals surface area (Å²) in [5, 5.41) is 9.87. The zero-order valence-electron chi connectivity index (χ0n) is 11.6. The summed E-state index contributed by atoms with van der Waals surface area (Å²) in [7, 11) is 0. The van der Waals surface area contributed by atoms with Crippen LogP contribution < -0.4 is 4.90 Å². The Hall–Kier alpha value is -0.870. The van der Waals surface area contributed by atoms with E-state index in [0.717, 1.165) is 11.4 Å². The molecule has 19 heavy (non-hydrogen) atoms. The Morgan fingerprint density at radius 1 is 1.37 bits per heavy atom. The molecule has 0 radical (unpaired) electrons. The highest BCUT2D eigenvalue weighted by Crippen LogP contribution is 2.34. The highest BCUT2D eigenvalue weighted by Gasteiger charge is 2.27. The van der Waals surface area contributed by atoms with Crippen molar-refractivity contribution >= 4 is 17.4 Å². The van der Waals surface area contributed by atoms with E-state index in [1.807, 2.05) is 0 Å². The number of aliphatic hydroxyl groups excluding tert-OH is 1. The molecule has 0 aromatic carbocycles. The summed E-state index contributed by atoms with van der Waals surface area (Å²) in [5.41, 5.74) is 0.990. The fraction of sp³-hybridized carbons (Fsp3) is 0.714. The van der Waals surface area contributed by atoms with Gasteiger partial charge in [-0.25, -0.2) is 9.97 Å². The third-order valence-corrected chi connectivity index (χ3v) is 4.07. The molecule has 1 aromatic rings. The van der Waals surface area contributed by atoms with E-state index >= 15 is 0 Å². The minimum Gasteiger partial charge on any atom is -0.395 e. The van der Waals surface area contributed by atoms with Gasteiger partial charge in [0.2, 0.25) is 0 Å². The molecule has 1 aromatic heterocycles. The first-order valence-corrected chi connectivity index (χ1v) is 7.40. The second kappa shape index (κ2) is 6.53. The number of nitrogens with zero attached hydrogens (tertiary/aromatic N) is 3. The Morgan fingerprint density at radius 3 is 2.63 bits per heavy atom. The minimum atomic E-state index is 0.135. The molecule has 1 fully saturated rings. The first-order valence-electron chi connectivity index (χ1n) is 7.03. The predicted octanol–water partition coefficient (Wildman–Crippen LogP) is 2.99. The van der Waals surface area contributed by atoms with Crippen LogP contribution in [0, 0.1) is 0 Å². The maximum Gasteiger partial charge on any atom is 0.138 e. The molecule has 1 saturated carbocycles. The molecule has 4 nitrogen and oxygen atoms in total. The number of rotatable bonds is 5. The number of aromatic nitrogens is 2. The van der Waals surface area contributed by atoms with Crippen LogP contribution in [0.2, 0.25) is 5.15 Å². The van der Waals surface area contributed by atoms with Crippen LogP contribution >= 0.6 is 11.6 Å². The van der Waals surface area contributed by atoms with Gasteiger partial charge in [0, 0.05) is 18.2 Å². The van der Waals surface area contributed by atoms with Crippen LogP contribution in [0.3, 0.4) is 0 Å². The molecule has 1 heterocycles.